The van der Waals surface area contributed by atoms with Crippen LogP contribution in [0.4, 0.5) is 16.2 Å². The monoisotopic (exact) mass is 519 g/mol. The van der Waals surface area contributed by atoms with Crippen molar-refractivity contribution >= 4 is 37.5 Å². The number of nitrogens with zero attached hydrogens (tertiary/aromatic N) is 3. The molecule has 2 heterocycles. The second kappa shape index (κ2) is 10.0. The summed E-state index contributed by atoms with van der Waals surface area (Å²) in [5.74, 6) is -0.110. The van der Waals surface area contributed by atoms with E-state index in [0.717, 1.165) is 10.6 Å². The summed E-state index contributed by atoms with van der Waals surface area (Å²) < 4.78 is 66.3. The maximum Gasteiger partial charge on any atom is 0.409 e. The number of hydrogen-bond donors (Lipinski definition) is 4. The van der Waals surface area contributed by atoms with Gasteiger partial charge in [0.05, 0.1) is 25.1 Å². The van der Waals surface area contributed by atoms with Gasteiger partial charge >= 0.3 is 6.09 Å². The van der Waals surface area contributed by atoms with Crippen LogP contribution in [0.1, 0.15) is 6.92 Å². The standard InChI is InChI=1S/C18H25N5O9S2/c1-3-22-11-16(17(21-22)31-7-6-24)34(29,30)23-10-13(9-19-33(2,27)28)32-15-5-4-12(8-14(15)23)20-18(25)26/h4-5,8,11,13,19-20,24H,3,6-7,9-10H2,1-2H3,(H,25,26). The number of carboxylic acid groups (broad SMARTS) is 1. The van der Waals surface area contributed by atoms with E-state index in [2.05, 4.69) is 15.1 Å². The number of hydrogen-bond acceptors (Lipinski definition) is 9. The third-order valence-electron chi connectivity index (χ3n) is 4.63. The van der Waals surface area contributed by atoms with Gasteiger partial charge in [-0.1, -0.05) is 0 Å². The summed E-state index contributed by atoms with van der Waals surface area (Å²) in [6, 6.07) is 4.06. The lowest BCUT2D eigenvalue weighted by Crippen LogP contribution is -2.48. The molecule has 1 amide bonds. The SMILES string of the molecule is CCn1cc(S(=O)(=O)N2CC(CNS(C)(=O)=O)Oc3ccc(NC(=O)O)cc32)c(OCCO)n1. The Labute approximate surface area is 196 Å². The van der Waals surface area contributed by atoms with Crippen LogP contribution in [-0.2, 0) is 26.6 Å². The van der Waals surface area contributed by atoms with Crippen LogP contribution in [0.15, 0.2) is 29.3 Å². The molecule has 1 aromatic heterocycles. The molecule has 14 nitrogen and oxygen atoms in total. The Morgan fingerprint density at radius 1 is 1.32 bits per heavy atom. The van der Waals surface area contributed by atoms with Gasteiger partial charge in [0.1, 0.15) is 18.5 Å². The highest BCUT2D eigenvalue weighted by atomic mass is 32.2. The van der Waals surface area contributed by atoms with Crippen LogP contribution >= 0.6 is 0 Å². The molecule has 0 fully saturated rings. The largest absolute Gasteiger partial charge is 0.485 e. The molecule has 0 saturated carbocycles. The van der Waals surface area contributed by atoms with Crippen LogP contribution in [0.25, 0.3) is 0 Å². The molecule has 0 radical (unpaired) electrons. The third kappa shape index (κ3) is 5.88. The zero-order valence-corrected chi connectivity index (χ0v) is 20.0. The van der Waals surface area contributed by atoms with E-state index in [4.69, 9.17) is 19.7 Å². The number of aromatic nitrogens is 2. The van der Waals surface area contributed by atoms with Crippen LogP contribution in [0.5, 0.6) is 11.6 Å². The van der Waals surface area contributed by atoms with Gasteiger partial charge in [-0.25, -0.2) is 26.4 Å². The number of benzene rings is 1. The fraction of sp³-hybridized carbons (Fsp3) is 0.444. The lowest BCUT2D eigenvalue weighted by atomic mass is 10.2. The minimum atomic E-state index is -4.35. The lowest BCUT2D eigenvalue weighted by molar-refractivity contribution is 0.192. The Morgan fingerprint density at radius 3 is 2.68 bits per heavy atom. The van der Waals surface area contributed by atoms with Crippen molar-refractivity contribution in [2.75, 3.05) is 42.2 Å². The molecule has 2 aromatic rings. The van der Waals surface area contributed by atoms with E-state index in [1.165, 1.54) is 29.1 Å². The Kier molecular flexibility index (Phi) is 7.54. The molecular weight excluding hydrogens is 494 g/mol. The summed E-state index contributed by atoms with van der Waals surface area (Å²) in [6.07, 6.45) is 0.00956. The Bertz CT molecular complexity index is 1260. The third-order valence-corrected chi connectivity index (χ3v) is 7.09. The molecule has 4 N–H and O–H groups in total. The van der Waals surface area contributed by atoms with Crippen molar-refractivity contribution in [3.63, 3.8) is 0 Å². The average molecular weight is 520 g/mol. The van der Waals surface area contributed by atoms with Crippen molar-refractivity contribution in [1.82, 2.24) is 14.5 Å². The van der Waals surface area contributed by atoms with Crippen LogP contribution in [0.2, 0.25) is 0 Å². The highest BCUT2D eigenvalue weighted by Gasteiger charge is 2.38. The van der Waals surface area contributed by atoms with Crippen molar-refractivity contribution in [3.8, 4) is 11.6 Å². The molecule has 1 atom stereocenters. The molecule has 0 spiro atoms. The van der Waals surface area contributed by atoms with Gasteiger partial charge in [-0.05, 0) is 25.1 Å². The first-order valence-corrected chi connectivity index (χ1v) is 13.4. The van der Waals surface area contributed by atoms with Crippen molar-refractivity contribution < 1.29 is 41.3 Å². The summed E-state index contributed by atoms with van der Waals surface area (Å²) in [7, 11) is -7.92. The molecule has 1 aliphatic heterocycles. The highest BCUT2D eigenvalue weighted by molar-refractivity contribution is 7.93. The number of nitrogens with one attached hydrogen (secondary N) is 2. The fourth-order valence-electron chi connectivity index (χ4n) is 3.18. The molecule has 16 heteroatoms. The van der Waals surface area contributed by atoms with Crippen LogP contribution in [0.3, 0.4) is 0 Å². The minimum Gasteiger partial charge on any atom is -0.485 e. The van der Waals surface area contributed by atoms with Gasteiger partial charge in [-0.3, -0.25) is 14.3 Å². The van der Waals surface area contributed by atoms with E-state index in [1.54, 1.807) is 6.92 Å². The number of amides is 1. The molecule has 188 valence electrons. The maximum absolute atomic E-state index is 13.7. The summed E-state index contributed by atoms with van der Waals surface area (Å²) in [4.78, 5) is 10.8. The van der Waals surface area contributed by atoms with Crippen molar-refractivity contribution in [1.29, 1.82) is 0 Å². The molecule has 1 aromatic carbocycles. The first kappa shape index (κ1) is 25.5. The zero-order valence-electron chi connectivity index (χ0n) is 18.3. The topological polar surface area (TPSA) is 189 Å². The number of aliphatic hydroxyl groups excluding tert-OH is 1. The fourth-order valence-corrected chi connectivity index (χ4v) is 5.24. The van der Waals surface area contributed by atoms with Crippen molar-refractivity contribution in [2.45, 2.75) is 24.5 Å². The Balaban J connectivity index is 2.08. The van der Waals surface area contributed by atoms with E-state index < -0.39 is 32.2 Å². The van der Waals surface area contributed by atoms with E-state index in [-0.39, 0.29) is 54.2 Å². The molecule has 0 aliphatic carbocycles. The molecule has 34 heavy (non-hydrogen) atoms. The van der Waals surface area contributed by atoms with Gasteiger partial charge in [0.15, 0.2) is 4.90 Å². The second-order valence-electron chi connectivity index (χ2n) is 7.24. The lowest BCUT2D eigenvalue weighted by Gasteiger charge is -2.35. The van der Waals surface area contributed by atoms with Gasteiger partial charge < -0.3 is 19.7 Å². The number of aliphatic hydroxyl groups is 1. The van der Waals surface area contributed by atoms with Gasteiger partial charge in [-0.15, -0.1) is 5.10 Å². The van der Waals surface area contributed by atoms with Gasteiger partial charge in [0.25, 0.3) is 15.9 Å². The Morgan fingerprint density at radius 2 is 2.06 bits per heavy atom. The van der Waals surface area contributed by atoms with Gasteiger partial charge in [0, 0.05) is 25.0 Å². The minimum absolute atomic E-state index is 0.0409. The van der Waals surface area contributed by atoms with Crippen LogP contribution in [0, 0.1) is 0 Å². The highest BCUT2D eigenvalue weighted by Crippen LogP contribution is 2.40. The number of anilines is 2. The number of carbonyl (C=O) groups is 1. The number of ether oxygens (including phenoxy) is 2. The first-order chi connectivity index (χ1) is 15.9. The average Bonchev–Trinajstić information content (AvgIpc) is 3.19. The quantitative estimate of drug-likeness (QED) is 0.329. The first-order valence-electron chi connectivity index (χ1n) is 10.0. The summed E-state index contributed by atoms with van der Waals surface area (Å²) >= 11 is 0. The zero-order chi connectivity index (χ0) is 25.1. The molecular formula is C18H25N5O9S2. The van der Waals surface area contributed by atoms with Gasteiger partial charge in [-0.2, -0.15) is 0 Å². The van der Waals surface area contributed by atoms with Crippen LogP contribution < -0.4 is 23.8 Å². The normalized spacial score (nSPS) is 16.0. The van der Waals surface area contributed by atoms with Gasteiger partial charge in [0.2, 0.25) is 10.0 Å². The van der Waals surface area contributed by atoms with E-state index in [0.29, 0.717) is 6.54 Å². The van der Waals surface area contributed by atoms with Crippen LogP contribution in [-0.4, -0.2) is 81.6 Å². The predicted octanol–water partition coefficient (Wildman–Crippen LogP) is -0.130. The maximum atomic E-state index is 13.7. The van der Waals surface area contributed by atoms with E-state index in [1.807, 2.05) is 0 Å². The molecule has 1 aliphatic rings. The summed E-state index contributed by atoms with van der Waals surface area (Å²) in [6.45, 7) is 1.06. The smallest absolute Gasteiger partial charge is 0.409 e. The predicted molar refractivity (Wildman–Crippen MR) is 120 cm³/mol. The number of aryl methyl sites for hydroxylation is 1. The Hall–Kier alpha value is -3.08. The summed E-state index contributed by atoms with van der Waals surface area (Å²) in [5, 5.41) is 24.4. The second-order valence-corrected chi connectivity index (χ2v) is 10.9. The van der Waals surface area contributed by atoms with E-state index >= 15 is 0 Å². The molecule has 3 rings (SSSR count). The number of rotatable bonds is 10. The number of sulfonamides is 2. The molecule has 0 saturated heterocycles. The molecule has 1 unspecified atom stereocenters. The van der Waals surface area contributed by atoms with Crippen molar-refractivity contribution in [2.24, 2.45) is 0 Å². The molecule has 0 bridgehead atoms. The summed E-state index contributed by atoms with van der Waals surface area (Å²) in [5.41, 5.74) is 0.142. The van der Waals surface area contributed by atoms with E-state index in [9.17, 15) is 21.6 Å². The number of fused-ring (bicyclic) bond motifs is 1. The van der Waals surface area contributed by atoms with Crippen molar-refractivity contribution in [3.05, 3.63) is 24.4 Å².